The van der Waals surface area contributed by atoms with Gasteiger partial charge >= 0.3 is 39.5 Å². The maximum absolute atomic E-state index is 13.1. The number of ether oxygens (including phenoxy) is 4. The van der Waals surface area contributed by atoms with Gasteiger partial charge in [-0.3, -0.25) is 37.3 Å². The zero-order chi connectivity index (χ0) is 71.8. The van der Waals surface area contributed by atoms with Gasteiger partial charge in [0.25, 0.3) is 0 Å². The second-order valence-electron chi connectivity index (χ2n) is 27.7. The van der Waals surface area contributed by atoms with Crippen molar-refractivity contribution in [3.05, 3.63) is 24.3 Å². The highest BCUT2D eigenvalue weighted by molar-refractivity contribution is 7.47. The lowest BCUT2D eigenvalue weighted by Crippen LogP contribution is -2.30. The monoisotopic (exact) mass is 1430 g/mol. The van der Waals surface area contributed by atoms with E-state index < -0.39 is 97.5 Å². The molecule has 17 nitrogen and oxygen atoms in total. The fraction of sp³-hybridized carbons (Fsp3) is 0.899. The molecule has 3 N–H and O–H groups in total. The molecule has 0 aliphatic rings. The van der Waals surface area contributed by atoms with Crippen LogP contribution < -0.4 is 0 Å². The number of hydrogen-bond acceptors (Lipinski definition) is 15. The number of hydrogen-bond donors (Lipinski definition) is 3. The summed E-state index contributed by atoms with van der Waals surface area (Å²) in [5.41, 5.74) is 0. The molecule has 0 amide bonds. The van der Waals surface area contributed by atoms with Gasteiger partial charge in [-0.15, -0.1) is 0 Å². The van der Waals surface area contributed by atoms with Crippen LogP contribution in [-0.4, -0.2) is 96.7 Å². The summed E-state index contributed by atoms with van der Waals surface area (Å²) in [7, 11) is -9.92. The Morgan fingerprint density at radius 2 is 0.500 bits per heavy atom. The lowest BCUT2D eigenvalue weighted by Gasteiger charge is -2.21. The largest absolute Gasteiger partial charge is 0.472 e. The van der Waals surface area contributed by atoms with E-state index in [2.05, 4.69) is 52.0 Å². The fourth-order valence-corrected chi connectivity index (χ4v) is 13.3. The molecule has 0 rings (SSSR count). The van der Waals surface area contributed by atoms with Crippen molar-refractivity contribution in [3.8, 4) is 0 Å². The predicted octanol–water partition coefficient (Wildman–Crippen LogP) is 23.3. The molecule has 0 heterocycles. The number of unbranched alkanes of at least 4 members (excludes halogenated alkanes) is 48. The maximum Gasteiger partial charge on any atom is 0.472 e. The Morgan fingerprint density at radius 1 is 0.286 bits per heavy atom. The first-order valence-corrected chi connectivity index (χ1v) is 43.6. The van der Waals surface area contributed by atoms with E-state index in [4.69, 9.17) is 37.0 Å². The predicted molar refractivity (Wildman–Crippen MR) is 400 cm³/mol. The van der Waals surface area contributed by atoms with Gasteiger partial charge in [0.05, 0.1) is 26.4 Å². The summed E-state index contributed by atoms with van der Waals surface area (Å²) < 4.78 is 68.6. The fourth-order valence-electron chi connectivity index (χ4n) is 11.7. The number of phosphoric acid groups is 2. The molecule has 5 atom stereocenters. The lowest BCUT2D eigenvalue weighted by atomic mass is 10.0. The topological polar surface area (TPSA) is 237 Å². The molecule has 0 radical (unpaired) electrons. The summed E-state index contributed by atoms with van der Waals surface area (Å²) in [5, 5.41) is 10.6. The Bertz CT molecular complexity index is 1950. The number of aliphatic hydroxyl groups excluding tert-OH is 1. The third kappa shape index (κ3) is 71.9. The van der Waals surface area contributed by atoms with Crippen molar-refractivity contribution in [1.82, 2.24) is 0 Å². The van der Waals surface area contributed by atoms with Gasteiger partial charge in [0, 0.05) is 25.7 Å². The zero-order valence-corrected chi connectivity index (χ0v) is 65.0. The summed E-state index contributed by atoms with van der Waals surface area (Å²) in [5.74, 6) is -2.13. The molecule has 19 heteroatoms. The average molecular weight is 1430 g/mol. The Morgan fingerprint density at radius 3 is 0.776 bits per heavy atom. The number of phosphoric ester groups is 2. The summed E-state index contributed by atoms with van der Waals surface area (Å²) >= 11 is 0. The third-order valence-electron chi connectivity index (χ3n) is 17.9. The molecule has 0 saturated heterocycles. The number of carbonyl (C=O) groups excluding carboxylic acids is 4. The van der Waals surface area contributed by atoms with Crippen LogP contribution in [0.3, 0.4) is 0 Å². The Hall–Kier alpha value is -2.46. The zero-order valence-electron chi connectivity index (χ0n) is 63.2. The molecule has 0 aromatic rings. The third-order valence-corrected chi connectivity index (χ3v) is 19.9. The highest BCUT2D eigenvalue weighted by atomic mass is 31.2. The first-order chi connectivity index (χ1) is 47.7. The number of aliphatic hydroxyl groups is 1. The molecular weight excluding hydrogens is 1280 g/mol. The molecule has 0 aliphatic heterocycles. The Labute approximate surface area is 599 Å². The van der Waals surface area contributed by atoms with Gasteiger partial charge in [-0.2, -0.15) is 0 Å². The number of carbonyl (C=O) groups is 4. The quantitative estimate of drug-likeness (QED) is 0.0169. The molecule has 0 fully saturated rings. The van der Waals surface area contributed by atoms with Crippen molar-refractivity contribution in [1.29, 1.82) is 0 Å². The van der Waals surface area contributed by atoms with Crippen molar-refractivity contribution in [2.24, 2.45) is 0 Å². The Kier molecular flexibility index (Phi) is 71.0. The van der Waals surface area contributed by atoms with E-state index in [-0.39, 0.29) is 25.7 Å². The van der Waals surface area contributed by atoms with Crippen LogP contribution in [0.1, 0.15) is 400 Å². The highest BCUT2D eigenvalue weighted by Gasteiger charge is 2.30. The summed E-state index contributed by atoms with van der Waals surface area (Å²) in [6, 6.07) is 0. The van der Waals surface area contributed by atoms with Crippen LogP contribution >= 0.6 is 15.6 Å². The Balaban J connectivity index is 5.27. The van der Waals surface area contributed by atoms with Gasteiger partial charge < -0.3 is 33.8 Å². The first kappa shape index (κ1) is 95.5. The van der Waals surface area contributed by atoms with Crippen molar-refractivity contribution in [2.45, 2.75) is 418 Å². The second kappa shape index (κ2) is 72.9. The molecule has 0 aliphatic carbocycles. The SMILES string of the molecule is CCCCC/C=C\C/C=C\CCCCCCCC(=O)OC[C@H](COP(=O)(O)OC[C@@H](O)COP(=O)(O)OC[C@@H](COC(=O)CCCCCCCCCCCCCCCCCCC)OC(=O)CCCCCCCCCCCCCCC)OC(=O)CCCCCCCCCCCCCCC. The van der Waals surface area contributed by atoms with Crippen molar-refractivity contribution in [3.63, 3.8) is 0 Å². The minimum absolute atomic E-state index is 0.102. The molecule has 2 unspecified atom stereocenters. The number of allylic oxidation sites excluding steroid dienone is 4. The van der Waals surface area contributed by atoms with Crippen molar-refractivity contribution < 1.29 is 80.2 Å². The van der Waals surface area contributed by atoms with E-state index in [0.717, 1.165) is 116 Å². The second-order valence-corrected chi connectivity index (χ2v) is 30.6. The number of esters is 4. The molecule has 0 spiro atoms. The van der Waals surface area contributed by atoms with Crippen molar-refractivity contribution >= 4 is 39.5 Å². The van der Waals surface area contributed by atoms with E-state index >= 15 is 0 Å². The summed E-state index contributed by atoms with van der Waals surface area (Å²) in [6.07, 6.45) is 67.2. The number of rotatable bonds is 78. The van der Waals surface area contributed by atoms with E-state index in [9.17, 15) is 43.2 Å². The summed E-state index contributed by atoms with van der Waals surface area (Å²) in [4.78, 5) is 72.9. The molecule has 578 valence electrons. The van der Waals surface area contributed by atoms with E-state index in [1.54, 1.807) is 0 Å². The standard InChI is InChI=1S/C79H150O17P2/c1-5-9-13-17-21-25-29-33-35-36-38-42-44-48-52-56-60-64-77(82)90-70-75(96-79(84)66-62-58-54-50-46-40-32-28-24-20-16-12-8-4)72-94-98(87,88)92-68-73(80)67-91-97(85,86)93-71-74(95-78(83)65-61-57-53-49-45-39-31-27-23-19-15-11-7-3)69-89-76(81)63-59-55-51-47-43-41-37-34-30-26-22-18-14-10-6-2/h22,26,34,37,73-75,80H,5-21,23-25,27-33,35-36,38-72H2,1-4H3,(H,85,86)(H,87,88)/b26-22-,37-34-/t73-,74-,75-/m1/s1. The van der Waals surface area contributed by atoms with E-state index in [0.29, 0.717) is 25.7 Å². The van der Waals surface area contributed by atoms with Gasteiger partial charge in [-0.1, -0.05) is 341 Å². The maximum atomic E-state index is 13.1. The lowest BCUT2D eigenvalue weighted by molar-refractivity contribution is -0.161. The average Bonchev–Trinajstić information content (AvgIpc) is 0.971. The van der Waals surface area contributed by atoms with Gasteiger partial charge in [-0.25, -0.2) is 9.13 Å². The van der Waals surface area contributed by atoms with Crippen LogP contribution in [0.2, 0.25) is 0 Å². The molecule has 0 bridgehead atoms. The van der Waals surface area contributed by atoms with Crippen molar-refractivity contribution in [2.75, 3.05) is 39.6 Å². The van der Waals surface area contributed by atoms with E-state index in [1.165, 1.54) is 205 Å². The normalized spacial score (nSPS) is 14.0. The van der Waals surface area contributed by atoms with Gasteiger partial charge in [-0.05, 0) is 57.8 Å². The van der Waals surface area contributed by atoms with Gasteiger partial charge in [0.15, 0.2) is 12.2 Å². The minimum atomic E-state index is -4.96. The molecule has 0 aromatic heterocycles. The van der Waals surface area contributed by atoms with Crippen LogP contribution in [0.15, 0.2) is 24.3 Å². The van der Waals surface area contributed by atoms with Gasteiger partial charge in [0.1, 0.15) is 19.3 Å². The van der Waals surface area contributed by atoms with Crippen LogP contribution in [0.5, 0.6) is 0 Å². The molecule has 98 heavy (non-hydrogen) atoms. The van der Waals surface area contributed by atoms with Crippen LogP contribution in [0.4, 0.5) is 0 Å². The van der Waals surface area contributed by atoms with E-state index in [1.807, 2.05) is 0 Å². The van der Waals surface area contributed by atoms with Gasteiger partial charge in [0.2, 0.25) is 0 Å². The smallest absolute Gasteiger partial charge is 0.462 e. The molecule has 0 aromatic carbocycles. The molecular formula is C79H150O17P2. The molecule has 0 saturated carbocycles. The highest BCUT2D eigenvalue weighted by Crippen LogP contribution is 2.45. The summed E-state index contributed by atoms with van der Waals surface area (Å²) in [6.45, 7) is 4.95. The minimum Gasteiger partial charge on any atom is -0.462 e. The first-order valence-electron chi connectivity index (χ1n) is 40.6. The van der Waals surface area contributed by atoms with Crippen LogP contribution in [-0.2, 0) is 65.4 Å². The van der Waals surface area contributed by atoms with Crippen LogP contribution in [0.25, 0.3) is 0 Å². The van der Waals surface area contributed by atoms with Crippen LogP contribution in [0, 0.1) is 0 Å².